The smallest absolute Gasteiger partial charge is 0.252 e. The number of carbonyl (C=O) groups excluding carboxylic acids is 1. The second-order valence-corrected chi connectivity index (χ2v) is 8.91. The van der Waals surface area contributed by atoms with Gasteiger partial charge in [0.1, 0.15) is 0 Å². The molecule has 4 aliphatic rings. The first-order valence-corrected chi connectivity index (χ1v) is 9.86. The van der Waals surface area contributed by atoms with Gasteiger partial charge < -0.3 is 10.2 Å². The van der Waals surface area contributed by atoms with Crippen LogP contribution >= 0.6 is 0 Å². The van der Waals surface area contributed by atoms with Crippen molar-refractivity contribution in [2.24, 2.45) is 17.3 Å². The Morgan fingerprint density at radius 3 is 2.54 bits per heavy atom. The van der Waals surface area contributed by atoms with E-state index in [0.29, 0.717) is 0 Å². The highest BCUT2D eigenvalue weighted by atomic mass is 19.3. The van der Waals surface area contributed by atoms with E-state index in [-0.39, 0.29) is 36.1 Å². The van der Waals surface area contributed by atoms with Crippen molar-refractivity contribution in [3.8, 4) is 0 Å². The van der Waals surface area contributed by atoms with E-state index in [9.17, 15) is 13.6 Å². The number of carbonyl (C=O) groups is 1. The third kappa shape index (κ3) is 3.21. The lowest BCUT2D eigenvalue weighted by Crippen LogP contribution is -2.53. The first-order valence-electron chi connectivity index (χ1n) is 9.86. The minimum atomic E-state index is -2.56. The zero-order valence-electron chi connectivity index (χ0n) is 14.5. The van der Waals surface area contributed by atoms with Gasteiger partial charge in [0.25, 0.3) is 5.92 Å². The van der Waals surface area contributed by atoms with E-state index in [0.717, 1.165) is 44.7 Å². The van der Waals surface area contributed by atoms with Crippen LogP contribution < -0.4 is 5.32 Å². The second kappa shape index (κ2) is 6.22. The van der Waals surface area contributed by atoms with Crippen LogP contribution in [0.25, 0.3) is 0 Å². The van der Waals surface area contributed by atoms with Gasteiger partial charge in [-0.15, -0.1) is 0 Å². The number of alkyl halides is 2. The minimum absolute atomic E-state index is 0.0419. The van der Waals surface area contributed by atoms with Crippen LogP contribution in [0.3, 0.4) is 0 Å². The van der Waals surface area contributed by atoms with Crippen LogP contribution in [0.2, 0.25) is 0 Å². The van der Waals surface area contributed by atoms with Crippen molar-refractivity contribution in [1.29, 1.82) is 0 Å². The van der Waals surface area contributed by atoms with E-state index in [1.54, 1.807) is 0 Å². The Morgan fingerprint density at radius 2 is 1.83 bits per heavy atom. The fourth-order valence-corrected chi connectivity index (χ4v) is 5.80. The third-order valence-corrected chi connectivity index (χ3v) is 7.12. The van der Waals surface area contributed by atoms with Crippen molar-refractivity contribution in [1.82, 2.24) is 10.2 Å². The maximum absolute atomic E-state index is 13.0. The monoisotopic (exact) mass is 340 g/mol. The summed E-state index contributed by atoms with van der Waals surface area (Å²) in [6.45, 7) is 3.36. The highest BCUT2D eigenvalue weighted by Gasteiger charge is 2.52. The summed E-state index contributed by atoms with van der Waals surface area (Å²) in [4.78, 5) is 15.3. The summed E-state index contributed by atoms with van der Waals surface area (Å²) in [5, 5.41) is 2.92. The van der Waals surface area contributed by atoms with Crippen LogP contribution in [-0.4, -0.2) is 42.4 Å². The Balaban J connectivity index is 1.33. The molecule has 0 radical (unpaired) electrons. The van der Waals surface area contributed by atoms with Gasteiger partial charge in [-0.25, -0.2) is 8.78 Å². The summed E-state index contributed by atoms with van der Waals surface area (Å²) in [7, 11) is 0. The number of amides is 1. The number of likely N-dealkylation sites (tertiary alicyclic amines) is 1. The lowest BCUT2D eigenvalue weighted by Gasteiger charge is -2.38. The largest absolute Gasteiger partial charge is 0.353 e. The van der Waals surface area contributed by atoms with Crippen molar-refractivity contribution in [2.75, 3.05) is 19.6 Å². The standard InChI is InChI=1S/C19H30F2N2O/c20-19(21)10-15(11-19)22-17(24)16-6-3-7-18(16)8-9-23(13-18)12-14-4-1-2-5-14/h14-16H,1-13H2,(H,22,24). The average molecular weight is 340 g/mol. The van der Waals surface area contributed by atoms with Crippen molar-refractivity contribution >= 4 is 5.91 Å². The van der Waals surface area contributed by atoms with Crippen LogP contribution in [0.4, 0.5) is 8.78 Å². The maximum Gasteiger partial charge on any atom is 0.252 e. The normalized spacial score (nSPS) is 37.2. The first-order chi connectivity index (χ1) is 11.5. The van der Waals surface area contributed by atoms with Crippen LogP contribution in [0.1, 0.15) is 64.2 Å². The minimum Gasteiger partial charge on any atom is -0.353 e. The zero-order valence-corrected chi connectivity index (χ0v) is 14.5. The van der Waals surface area contributed by atoms with E-state index in [1.807, 2.05) is 0 Å². The summed E-state index contributed by atoms with van der Waals surface area (Å²) < 4.78 is 26.0. The zero-order chi connectivity index (χ0) is 16.8. The van der Waals surface area contributed by atoms with E-state index in [2.05, 4.69) is 10.2 Å². The van der Waals surface area contributed by atoms with E-state index in [4.69, 9.17) is 0 Å². The fraction of sp³-hybridized carbons (Fsp3) is 0.947. The SMILES string of the molecule is O=C(NC1CC(F)(F)C1)C1CCCC12CCN(CC1CCCC1)C2. The Bertz CT molecular complexity index is 484. The van der Waals surface area contributed by atoms with E-state index in [1.165, 1.54) is 32.2 Å². The van der Waals surface area contributed by atoms with Crippen molar-refractivity contribution in [3.63, 3.8) is 0 Å². The molecule has 0 bridgehead atoms. The molecule has 1 heterocycles. The number of rotatable bonds is 4. The molecule has 1 spiro atoms. The predicted molar refractivity (Wildman–Crippen MR) is 88.9 cm³/mol. The molecule has 1 saturated heterocycles. The number of hydrogen-bond donors (Lipinski definition) is 1. The van der Waals surface area contributed by atoms with Crippen LogP contribution in [0, 0.1) is 17.3 Å². The number of hydrogen-bond acceptors (Lipinski definition) is 2. The molecule has 1 N–H and O–H groups in total. The number of nitrogens with one attached hydrogen (secondary N) is 1. The average Bonchev–Trinajstić information content (AvgIpc) is 3.20. The Hall–Kier alpha value is -0.710. The van der Waals surface area contributed by atoms with E-state index >= 15 is 0 Å². The van der Waals surface area contributed by atoms with Crippen LogP contribution in [0.5, 0.6) is 0 Å². The molecule has 0 aromatic rings. The first kappa shape index (κ1) is 16.7. The molecule has 0 aromatic heterocycles. The van der Waals surface area contributed by atoms with Gasteiger partial charge in [0.05, 0.1) is 0 Å². The Labute approximate surface area is 143 Å². The molecule has 2 atom stereocenters. The van der Waals surface area contributed by atoms with E-state index < -0.39 is 5.92 Å². The van der Waals surface area contributed by atoms with Gasteiger partial charge in [-0.3, -0.25) is 4.79 Å². The Kier molecular flexibility index (Phi) is 4.34. The number of halogens is 2. The molecule has 136 valence electrons. The summed E-state index contributed by atoms with van der Waals surface area (Å²) in [5.41, 5.74) is 0.120. The van der Waals surface area contributed by atoms with Gasteiger partial charge in [0, 0.05) is 37.9 Å². The van der Waals surface area contributed by atoms with Gasteiger partial charge in [0.15, 0.2) is 0 Å². The molecule has 3 nitrogen and oxygen atoms in total. The predicted octanol–water partition coefficient (Wildman–Crippen LogP) is 3.58. The summed E-state index contributed by atoms with van der Waals surface area (Å²) in [6, 6.07) is -0.304. The summed E-state index contributed by atoms with van der Waals surface area (Å²) in [6.07, 6.45) is 9.42. The van der Waals surface area contributed by atoms with Crippen molar-refractivity contribution < 1.29 is 13.6 Å². The molecule has 1 aliphatic heterocycles. The molecule has 0 aromatic carbocycles. The quantitative estimate of drug-likeness (QED) is 0.848. The third-order valence-electron chi connectivity index (χ3n) is 7.12. The summed E-state index contributed by atoms with van der Waals surface area (Å²) in [5.74, 6) is -1.61. The lowest BCUT2D eigenvalue weighted by molar-refractivity contribution is -0.135. The fourth-order valence-electron chi connectivity index (χ4n) is 5.80. The molecule has 2 unspecified atom stereocenters. The number of nitrogens with zero attached hydrogens (tertiary/aromatic N) is 1. The van der Waals surface area contributed by atoms with Crippen LogP contribution in [0.15, 0.2) is 0 Å². The maximum atomic E-state index is 13.0. The Morgan fingerprint density at radius 1 is 1.08 bits per heavy atom. The van der Waals surface area contributed by atoms with Crippen molar-refractivity contribution in [3.05, 3.63) is 0 Å². The molecule has 24 heavy (non-hydrogen) atoms. The van der Waals surface area contributed by atoms with Gasteiger partial charge >= 0.3 is 0 Å². The molecule has 5 heteroatoms. The molecule has 4 fully saturated rings. The molecule has 3 saturated carbocycles. The van der Waals surface area contributed by atoms with Crippen molar-refractivity contribution in [2.45, 2.75) is 76.2 Å². The van der Waals surface area contributed by atoms with Gasteiger partial charge in [0.2, 0.25) is 5.91 Å². The highest BCUT2D eigenvalue weighted by Crippen LogP contribution is 2.50. The van der Waals surface area contributed by atoms with Gasteiger partial charge in [-0.2, -0.15) is 0 Å². The molecule has 3 aliphatic carbocycles. The lowest BCUT2D eigenvalue weighted by atomic mass is 9.76. The van der Waals surface area contributed by atoms with Gasteiger partial charge in [-0.1, -0.05) is 19.3 Å². The molecular formula is C19H30F2N2O. The summed E-state index contributed by atoms with van der Waals surface area (Å²) >= 11 is 0. The molecular weight excluding hydrogens is 310 g/mol. The molecule has 1 amide bonds. The van der Waals surface area contributed by atoms with Gasteiger partial charge in [-0.05, 0) is 50.0 Å². The van der Waals surface area contributed by atoms with Crippen LogP contribution in [-0.2, 0) is 4.79 Å². The highest BCUT2D eigenvalue weighted by molar-refractivity contribution is 5.80. The molecule has 4 rings (SSSR count). The second-order valence-electron chi connectivity index (χ2n) is 8.91. The topological polar surface area (TPSA) is 32.3 Å².